The molecule has 1 aliphatic rings. The lowest BCUT2D eigenvalue weighted by Crippen LogP contribution is -2.19. The van der Waals surface area contributed by atoms with Crippen molar-refractivity contribution in [1.82, 2.24) is 9.97 Å². The highest BCUT2D eigenvalue weighted by molar-refractivity contribution is 5.05. The van der Waals surface area contributed by atoms with Gasteiger partial charge in [0.25, 0.3) is 0 Å². The second-order valence-electron chi connectivity index (χ2n) is 3.90. The molecule has 1 saturated heterocycles. The van der Waals surface area contributed by atoms with Crippen LogP contribution in [0.4, 0.5) is 0 Å². The molecule has 1 aromatic heterocycles. The summed E-state index contributed by atoms with van der Waals surface area (Å²) in [6, 6.07) is 0. The molecule has 0 amide bonds. The quantitative estimate of drug-likeness (QED) is 0.681. The van der Waals surface area contributed by atoms with E-state index in [9.17, 15) is 0 Å². The highest BCUT2D eigenvalue weighted by Gasteiger charge is 2.34. The monoisotopic (exact) mass is 194 g/mol. The highest BCUT2D eigenvalue weighted by Crippen LogP contribution is 2.31. The Kier molecular flexibility index (Phi) is 2.25. The number of rotatable bonds is 1. The number of aryl methyl sites for hydroxylation is 1. The summed E-state index contributed by atoms with van der Waals surface area (Å²) in [7, 11) is 0. The zero-order valence-electron chi connectivity index (χ0n) is 8.65. The minimum atomic E-state index is -0.503. The highest BCUT2D eigenvalue weighted by atomic mass is 16.7. The van der Waals surface area contributed by atoms with Gasteiger partial charge in [0, 0.05) is 6.20 Å². The maximum atomic E-state index is 5.65. The molecule has 2 heterocycles. The minimum absolute atomic E-state index is 0.0851. The fourth-order valence-electron chi connectivity index (χ4n) is 1.40. The number of hydrogen-bond acceptors (Lipinski definition) is 4. The van der Waals surface area contributed by atoms with E-state index in [-0.39, 0.29) is 6.10 Å². The first-order valence-electron chi connectivity index (χ1n) is 4.67. The zero-order valence-corrected chi connectivity index (χ0v) is 8.65. The van der Waals surface area contributed by atoms with E-state index in [0.29, 0.717) is 6.61 Å². The third-order valence-electron chi connectivity index (χ3n) is 2.14. The third-order valence-corrected chi connectivity index (χ3v) is 2.14. The van der Waals surface area contributed by atoms with Gasteiger partial charge in [0.2, 0.25) is 0 Å². The van der Waals surface area contributed by atoms with E-state index in [1.807, 2.05) is 20.8 Å². The first-order chi connectivity index (χ1) is 6.57. The van der Waals surface area contributed by atoms with Crippen LogP contribution >= 0.6 is 0 Å². The lowest BCUT2D eigenvalue weighted by atomic mass is 10.3. The lowest BCUT2D eigenvalue weighted by molar-refractivity contribution is -0.139. The molecule has 0 unspecified atom stereocenters. The Morgan fingerprint density at radius 2 is 2.14 bits per heavy atom. The SMILES string of the molecule is Cc1cnc([C@H]2COC(C)(C)O2)cn1. The molecule has 0 aliphatic carbocycles. The average Bonchev–Trinajstić information content (AvgIpc) is 2.47. The maximum absolute atomic E-state index is 5.65. The smallest absolute Gasteiger partial charge is 0.163 e. The van der Waals surface area contributed by atoms with Crippen LogP contribution in [0.3, 0.4) is 0 Å². The molecule has 1 aromatic rings. The molecule has 0 N–H and O–H groups in total. The van der Waals surface area contributed by atoms with Crippen molar-refractivity contribution in [2.24, 2.45) is 0 Å². The topological polar surface area (TPSA) is 44.2 Å². The van der Waals surface area contributed by atoms with E-state index >= 15 is 0 Å². The third kappa shape index (κ3) is 1.91. The molecule has 0 aromatic carbocycles. The summed E-state index contributed by atoms with van der Waals surface area (Å²) in [5.41, 5.74) is 1.74. The number of nitrogens with zero attached hydrogens (tertiary/aromatic N) is 2. The van der Waals surface area contributed by atoms with Gasteiger partial charge in [0.05, 0.1) is 24.2 Å². The molecule has 1 atom stereocenters. The van der Waals surface area contributed by atoms with Crippen LogP contribution < -0.4 is 0 Å². The van der Waals surface area contributed by atoms with Crippen LogP contribution in [0.5, 0.6) is 0 Å². The van der Waals surface area contributed by atoms with E-state index in [1.54, 1.807) is 12.4 Å². The Labute approximate surface area is 83.3 Å². The van der Waals surface area contributed by atoms with Crippen LogP contribution in [0.1, 0.15) is 31.3 Å². The Morgan fingerprint density at radius 3 is 2.64 bits per heavy atom. The molecule has 0 bridgehead atoms. The summed E-state index contributed by atoms with van der Waals surface area (Å²) in [5, 5.41) is 0. The van der Waals surface area contributed by atoms with Crippen LogP contribution in [-0.4, -0.2) is 22.4 Å². The van der Waals surface area contributed by atoms with Gasteiger partial charge in [0.15, 0.2) is 5.79 Å². The predicted octanol–water partition coefficient (Wildman–Crippen LogP) is 1.61. The van der Waals surface area contributed by atoms with E-state index in [1.165, 1.54) is 0 Å². The molecule has 0 spiro atoms. The van der Waals surface area contributed by atoms with Crippen molar-refractivity contribution < 1.29 is 9.47 Å². The van der Waals surface area contributed by atoms with Gasteiger partial charge in [-0.05, 0) is 20.8 Å². The van der Waals surface area contributed by atoms with E-state index in [0.717, 1.165) is 11.4 Å². The fourth-order valence-corrected chi connectivity index (χ4v) is 1.40. The molecule has 1 aliphatic heterocycles. The second-order valence-corrected chi connectivity index (χ2v) is 3.90. The molecule has 14 heavy (non-hydrogen) atoms. The molecule has 0 saturated carbocycles. The van der Waals surface area contributed by atoms with Crippen LogP contribution in [0.25, 0.3) is 0 Å². The van der Waals surface area contributed by atoms with Gasteiger partial charge in [-0.25, -0.2) is 0 Å². The number of aromatic nitrogens is 2. The summed E-state index contributed by atoms with van der Waals surface area (Å²) >= 11 is 0. The second kappa shape index (κ2) is 3.29. The van der Waals surface area contributed by atoms with Gasteiger partial charge in [-0.3, -0.25) is 9.97 Å². The lowest BCUT2D eigenvalue weighted by Gasteiger charge is -2.16. The maximum Gasteiger partial charge on any atom is 0.163 e. The Bertz CT molecular complexity index is 321. The largest absolute Gasteiger partial charge is 0.347 e. The van der Waals surface area contributed by atoms with Gasteiger partial charge in [0.1, 0.15) is 6.10 Å². The molecule has 4 heteroatoms. The van der Waals surface area contributed by atoms with Gasteiger partial charge in [-0.1, -0.05) is 0 Å². The van der Waals surface area contributed by atoms with Crippen molar-refractivity contribution in [1.29, 1.82) is 0 Å². The molecule has 4 nitrogen and oxygen atoms in total. The fraction of sp³-hybridized carbons (Fsp3) is 0.600. The summed E-state index contributed by atoms with van der Waals surface area (Å²) in [5.74, 6) is -0.503. The van der Waals surface area contributed by atoms with Crippen molar-refractivity contribution in [3.05, 3.63) is 23.8 Å². The molecule has 76 valence electrons. The van der Waals surface area contributed by atoms with Gasteiger partial charge >= 0.3 is 0 Å². The average molecular weight is 194 g/mol. The van der Waals surface area contributed by atoms with Gasteiger partial charge in [-0.2, -0.15) is 0 Å². The van der Waals surface area contributed by atoms with Crippen molar-refractivity contribution in [3.8, 4) is 0 Å². The molecular formula is C10H14N2O2. The summed E-state index contributed by atoms with van der Waals surface area (Å²) in [4.78, 5) is 8.43. The van der Waals surface area contributed by atoms with Crippen molar-refractivity contribution in [2.45, 2.75) is 32.7 Å². The van der Waals surface area contributed by atoms with Gasteiger partial charge < -0.3 is 9.47 Å². The van der Waals surface area contributed by atoms with Crippen molar-refractivity contribution >= 4 is 0 Å². The van der Waals surface area contributed by atoms with E-state index < -0.39 is 5.79 Å². The standard InChI is InChI=1S/C10H14N2O2/c1-7-4-12-8(5-11-7)9-6-13-10(2,3)14-9/h4-5,9H,6H2,1-3H3/t9-/m1/s1. The van der Waals surface area contributed by atoms with Crippen LogP contribution in [0.15, 0.2) is 12.4 Å². The zero-order chi connectivity index (χ0) is 10.2. The Morgan fingerprint density at radius 1 is 1.36 bits per heavy atom. The van der Waals surface area contributed by atoms with Crippen molar-refractivity contribution in [2.75, 3.05) is 6.61 Å². The first-order valence-corrected chi connectivity index (χ1v) is 4.67. The van der Waals surface area contributed by atoms with Gasteiger partial charge in [-0.15, -0.1) is 0 Å². The summed E-state index contributed by atoms with van der Waals surface area (Å²) in [6.45, 7) is 6.25. The van der Waals surface area contributed by atoms with Crippen LogP contribution in [0, 0.1) is 6.92 Å². The molecule has 1 fully saturated rings. The normalized spacial score (nSPS) is 25.2. The van der Waals surface area contributed by atoms with Crippen LogP contribution in [-0.2, 0) is 9.47 Å². The van der Waals surface area contributed by atoms with E-state index in [2.05, 4.69) is 9.97 Å². The molecular weight excluding hydrogens is 180 g/mol. The summed E-state index contributed by atoms with van der Waals surface area (Å²) < 4.78 is 11.1. The summed E-state index contributed by atoms with van der Waals surface area (Å²) in [6.07, 6.45) is 3.40. The minimum Gasteiger partial charge on any atom is -0.347 e. The first kappa shape index (κ1) is 9.55. The molecule has 2 rings (SSSR count). The van der Waals surface area contributed by atoms with Crippen LogP contribution in [0.2, 0.25) is 0 Å². The number of hydrogen-bond donors (Lipinski definition) is 0. The Balaban J connectivity index is 2.14. The molecule has 0 radical (unpaired) electrons. The Hall–Kier alpha value is -1.00. The predicted molar refractivity (Wildman–Crippen MR) is 50.6 cm³/mol. The number of ether oxygens (including phenoxy) is 2. The van der Waals surface area contributed by atoms with E-state index in [4.69, 9.17) is 9.47 Å². The van der Waals surface area contributed by atoms with Crippen molar-refractivity contribution in [3.63, 3.8) is 0 Å².